The molecule has 1 aliphatic heterocycles. The van der Waals surface area contributed by atoms with Crippen LogP contribution < -0.4 is 5.32 Å². The van der Waals surface area contributed by atoms with Crippen LogP contribution in [0.3, 0.4) is 0 Å². The SMILES string of the molecule is CC(=O)O[C@H]1C(=O)[C@@]2(C)C(C(OC(=O)c3ccccc3)[C@]3(O)C[C@@]4(OC(=O)[C@H](OCc5ccc(C(=O)O)cc5)[C@@H](NC(=O)c5ccccc5)c5ccccc5)C(C)=C1[C@@]34C)[C@]1(OC(C)=O)COC1C[C@@H]2O. The first kappa shape index (κ1) is 49.0. The lowest BCUT2D eigenvalue weighted by molar-refractivity contribution is -0.376. The van der Waals surface area contributed by atoms with Crippen molar-refractivity contribution in [2.24, 2.45) is 16.7 Å². The number of hydrogen-bond donors (Lipinski definition) is 4. The molecule has 4 aliphatic carbocycles. The monoisotopic (exact) mass is 971 g/mol. The minimum atomic E-state index is -2.34. The van der Waals surface area contributed by atoms with E-state index in [9.17, 15) is 39.3 Å². The van der Waals surface area contributed by atoms with Crippen LogP contribution in [0.5, 0.6) is 0 Å². The molecule has 4 aromatic carbocycles. The topological polar surface area (TPSA) is 248 Å². The second-order valence-electron chi connectivity index (χ2n) is 19.4. The zero-order valence-electron chi connectivity index (χ0n) is 39.5. The highest BCUT2D eigenvalue weighted by molar-refractivity contribution is 5.97. The molecule has 4 aromatic rings. The standard InChI is InChI=1S/C54H53NO16/c1-29-39-41(68-30(2)56)44(59)50(4)37(58)25-38-52(28-67-38,70-31(3)57)43(50)45(69-48(63)36-19-13-8-14-20-36)53(65)27-54(29,51(39,53)5)71-49(64)42(66-26-32-21-23-35(24-22-32)47(61)62)40(33-15-9-6-10-16-33)55-46(60)34-17-11-7-12-18-34/h6-24,37-38,40-43,45,58,65H,25-28H2,1-5H3,(H,55,60)(H,61,62)/t37-,38?,40-,41+,42+,43?,45?,50+,51-,52-,53+,54+/m0/s1. The summed E-state index contributed by atoms with van der Waals surface area (Å²) < 4.78 is 37.5. The number of ether oxygens (including phenoxy) is 6. The third kappa shape index (κ3) is 7.55. The van der Waals surface area contributed by atoms with Crippen LogP contribution in [0.2, 0.25) is 0 Å². The number of ketones is 1. The van der Waals surface area contributed by atoms with Gasteiger partial charge in [-0.1, -0.05) is 78.9 Å². The molecule has 1 saturated heterocycles. The number of carboxylic acids is 1. The molecular weight excluding hydrogens is 919 g/mol. The molecule has 370 valence electrons. The highest BCUT2D eigenvalue weighted by Crippen LogP contribution is 2.78. The molecule has 4 fully saturated rings. The number of amides is 1. The van der Waals surface area contributed by atoms with Crippen LogP contribution in [-0.4, -0.2) is 111 Å². The Morgan fingerprint density at radius 1 is 0.789 bits per heavy atom. The summed E-state index contributed by atoms with van der Waals surface area (Å²) in [4.78, 5) is 97.3. The molecule has 9 rings (SSSR count). The second kappa shape index (κ2) is 18.0. The van der Waals surface area contributed by atoms with Gasteiger partial charge in [0.05, 0.1) is 53.2 Å². The number of benzene rings is 4. The molecule has 0 bridgehead atoms. The van der Waals surface area contributed by atoms with Gasteiger partial charge in [-0.3, -0.25) is 19.2 Å². The van der Waals surface area contributed by atoms with Crippen molar-refractivity contribution in [1.29, 1.82) is 0 Å². The molecule has 71 heavy (non-hydrogen) atoms. The third-order valence-electron chi connectivity index (χ3n) is 15.7. The number of esters is 4. The summed E-state index contributed by atoms with van der Waals surface area (Å²) >= 11 is 0. The van der Waals surface area contributed by atoms with Gasteiger partial charge in [0, 0.05) is 32.3 Å². The summed E-state index contributed by atoms with van der Waals surface area (Å²) in [5.74, 6) is -7.80. The van der Waals surface area contributed by atoms with E-state index < -0.39 is 118 Å². The predicted molar refractivity (Wildman–Crippen MR) is 247 cm³/mol. The highest BCUT2D eigenvalue weighted by atomic mass is 16.6. The first-order chi connectivity index (χ1) is 33.7. The summed E-state index contributed by atoms with van der Waals surface area (Å²) in [5.41, 5.74) is -8.50. The van der Waals surface area contributed by atoms with Crippen LogP contribution in [0.15, 0.2) is 126 Å². The van der Waals surface area contributed by atoms with Crippen LogP contribution in [0, 0.1) is 16.7 Å². The van der Waals surface area contributed by atoms with Gasteiger partial charge < -0.3 is 49.1 Å². The maximum absolute atomic E-state index is 15.6. The highest BCUT2D eigenvalue weighted by Gasteiger charge is 2.90. The van der Waals surface area contributed by atoms with Crippen molar-refractivity contribution in [1.82, 2.24) is 5.32 Å². The van der Waals surface area contributed by atoms with E-state index in [-0.39, 0.29) is 47.5 Å². The van der Waals surface area contributed by atoms with Gasteiger partial charge >= 0.3 is 29.8 Å². The Morgan fingerprint density at radius 3 is 1.96 bits per heavy atom. The Bertz CT molecular complexity index is 2840. The van der Waals surface area contributed by atoms with Gasteiger partial charge in [-0.2, -0.15) is 0 Å². The van der Waals surface area contributed by atoms with E-state index in [0.29, 0.717) is 11.1 Å². The first-order valence-electron chi connectivity index (χ1n) is 23.2. The van der Waals surface area contributed by atoms with Crippen LogP contribution >= 0.6 is 0 Å². The van der Waals surface area contributed by atoms with Crippen molar-refractivity contribution in [2.75, 3.05) is 6.61 Å². The Balaban J connectivity index is 1.19. The number of carbonyl (C=O) groups excluding carboxylic acids is 6. The van der Waals surface area contributed by atoms with Gasteiger partial charge in [-0.05, 0) is 79.4 Å². The van der Waals surface area contributed by atoms with E-state index >= 15 is 9.59 Å². The van der Waals surface area contributed by atoms with Gasteiger partial charge in [0.1, 0.15) is 23.4 Å². The number of aromatic carboxylic acids is 1. The molecule has 1 heterocycles. The molecule has 12 atom stereocenters. The number of Topliss-reactive ketones (excluding diaryl/α,β-unsaturated/α-hetero) is 1. The Kier molecular flexibility index (Phi) is 12.4. The van der Waals surface area contributed by atoms with Crippen molar-refractivity contribution in [2.45, 2.75) is 107 Å². The quantitative estimate of drug-likeness (QED) is 0.0736. The Hall–Kier alpha value is -7.05. The second-order valence-corrected chi connectivity index (χ2v) is 19.4. The Labute approximate surface area is 408 Å². The molecule has 0 radical (unpaired) electrons. The minimum Gasteiger partial charge on any atom is -0.478 e. The first-order valence-corrected chi connectivity index (χ1v) is 23.2. The van der Waals surface area contributed by atoms with E-state index in [1.165, 1.54) is 50.2 Å². The number of hydrogen-bond acceptors (Lipinski definition) is 15. The molecule has 17 heteroatoms. The lowest BCUT2D eigenvalue weighted by atomic mass is 9.30. The number of aliphatic hydroxyl groups is 2. The fraction of sp³-hybridized carbons (Fsp3) is 0.389. The zero-order chi connectivity index (χ0) is 50.8. The number of rotatable bonds is 14. The normalized spacial score (nSPS) is 31.9. The van der Waals surface area contributed by atoms with Crippen molar-refractivity contribution < 1.29 is 77.3 Å². The van der Waals surface area contributed by atoms with Gasteiger partial charge in [0.15, 0.2) is 23.6 Å². The predicted octanol–water partition coefficient (Wildman–Crippen LogP) is 5.02. The van der Waals surface area contributed by atoms with E-state index in [4.69, 9.17) is 28.4 Å². The summed E-state index contributed by atoms with van der Waals surface area (Å²) in [6, 6.07) is 29.1. The Morgan fingerprint density at radius 2 is 1.39 bits per heavy atom. The summed E-state index contributed by atoms with van der Waals surface area (Å²) in [6.45, 7) is 6.09. The molecule has 3 saturated carbocycles. The number of carboxylic acid groups (broad SMARTS) is 1. The third-order valence-corrected chi connectivity index (χ3v) is 15.7. The number of carbonyl (C=O) groups is 7. The molecular formula is C54H53NO16. The maximum Gasteiger partial charge on any atom is 0.338 e. The van der Waals surface area contributed by atoms with Gasteiger partial charge in [-0.15, -0.1) is 0 Å². The van der Waals surface area contributed by atoms with Crippen LogP contribution in [-0.2, 0) is 54.2 Å². The maximum atomic E-state index is 15.6. The van der Waals surface area contributed by atoms with E-state index in [0.717, 1.165) is 13.8 Å². The van der Waals surface area contributed by atoms with E-state index in [1.807, 2.05) is 0 Å². The molecule has 0 aromatic heterocycles. The van der Waals surface area contributed by atoms with Gasteiger partial charge in [-0.25, -0.2) is 14.4 Å². The number of nitrogens with one attached hydrogen (secondary N) is 1. The van der Waals surface area contributed by atoms with E-state index in [2.05, 4.69) is 5.32 Å². The minimum absolute atomic E-state index is 0.00883. The van der Waals surface area contributed by atoms with Crippen molar-refractivity contribution in [3.05, 3.63) is 154 Å². The fourth-order valence-electron chi connectivity index (χ4n) is 12.1. The lowest BCUT2D eigenvalue weighted by Crippen LogP contribution is -2.90. The largest absolute Gasteiger partial charge is 0.478 e. The van der Waals surface area contributed by atoms with Gasteiger partial charge in [0.2, 0.25) is 0 Å². The molecule has 1 amide bonds. The number of aliphatic hydroxyl groups excluding tert-OH is 1. The summed E-state index contributed by atoms with van der Waals surface area (Å²) in [6.07, 6.45) is -8.64. The lowest BCUT2D eigenvalue weighted by Gasteiger charge is -2.78. The summed E-state index contributed by atoms with van der Waals surface area (Å²) in [5, 5.41) is 38.4. The fourth-order valence-corrected chi connectivity index (χ4v) is 12.1. The molecule has 5 aliphatic rings. The van der Waals surface area contributed by atoms with Gasteiger partial charge in [0.25, 0.3) is 5.91 Å². The van der Waals surface area contributed by atoms with Crippen molar-refractivity contribution in [3.63, 3.8) is 0 Å². The van der Waals surface area contributed by atoms with Crippen LogP contribution in [0.4, 0.5) is 0 Å². The molecule has 17 nitrogen and oxygen atoms in total. The molecule has 0 spiro atoms. The van der Waals surface area contributed by atoms with E-state index in [1.54, 1.807) is 85.8 Å². The number of fused-ring (bicyclic) bond motifs is 3. The van der Waals surface area contributed by atoms with Crippen LogP contribution in [0.25, 0.3) is 0 Å². The zero-order valence-corrected chi connectivity index (χ0v) is 39.5. The average molecular weight is 972 g/mol. The molecule has 4 N–H and O–H groups in total. The smallest absolute Gasteiger partial charge is 0.338 e. The summed E-state index contributed by atoms with van der Waals surface area (Å²) in [7, 11) is 0. The van der Waals surface area contributed by atoms with Crippen molar-refractivity contribution >= 4 is 41.5 Å². The van der Waals surface area contributed by atoms with Crippen LogP contribution in [0.1, 0.15) is 95.7 Å². The molecule has 3 unspecified atom stereocenters. The average Bonchev–Trinajstić information content (AvgIpc) is 3.35. The van der Waals surface area contributed by atoms with Crippen molar-refractivity contribution in [3.8, 4) is 0 Å².